The zero-order chi connectivity index (χ0) is 21.8. The Morgan fingerprint density at radius 1 is 0.897 bits per heavy atom. The molecular weight excluding hydrogens is 360 g/mol. The molecule has 2 rings (SSSR count). The molecule has 0 aliphatic carbocycles. The van der Waals surface area contributed by atoms with Crippen molar-refractivity contribution in [3.63, 3.8) is 0 Å². The van der Waals surface area contributed by atoms with Gasteiger partial charge in [-0.2, -0.15) is 0 Å². The van der Waals surface area contributed by atoms with Crippen molar-refractivity contribution in [3.8, 4) is 5.75 Å². The van der Waals surface area contributed by atoms with E-state index in [0.717, 1.165) is 64.7 Å². The van der Waals surface area contributed by atoms with Crippen LogP contribution in [-0.2, 0) is 6.54 Å². The molecule has 5 nitrogen and oxygen atoms in total. The van der Waals surface area contributed by atoms with E-state index in [-0.39, 0.29) is 6.04 Å². The van der Waals surface area contributed by atoms with Crippen LogP contribution in [0.5, 0.6) is 5.75 Å². The SMILES string of the molecule is CC.COc1ccc(C)c(CN2CCN(CC(C)C)CCN(CC(C)N)CC2)c1. The van der Waals surface area contributed by atoms with Gasteiger partial charge in [0, 0.05) is 64.9 Å². The van der Waals surface area contributed by atoms with Gasteiger partial charge < -0.3 is 15.4 Å². The highest BCUT2D eigenvalue weighted by Gasteiger charge is 2.18. The third-order valence-electron chi connectivity index (χ3n) is 5.32. The van der Waals surface area contributed by atoms with Gasteiger partial charge in [-0.25, -0.2) is 0 Å². The van der Waals surface area contributed by atoms with Crippen molar-refractivity contribution in [2.45, 2.75) is 54.1 Å². The average Bonchev–Trinajstić information content (AvgIpc) is 2.77. The quantitative estimate of drug-likeness (QED) is 0.751. The number of ether oxygens (including phenoxy) is 1. The maximum absolute atomic E-state index is 6.10. The van der Waals surface area contributed by atoms with E-state index in [0.29, 0.717) is 5.92 Å². The van der Waals surface area contributed by atoms with Crippen molar-refractivity contribution in [2.24, 2.45) is 11.7 Å². The molecule has 0 amide bonds. The minimum atomic E-state index is 0.221. The molecule has 1 aromatic rings. The fourth-order valence-electron chi connectivity index (χ4n) is 3.82. The number of rotatable bonds is 7. The van der Waals surface area contributed by atoms with Crippen LogP contribution < -0.4 is 10.5 Å². The third kappa shape index (κ3) is 9.94. The Hall–Kier alpha value is -1.14. The molecule has 0 radical (unpaired) electrons. The lowest BCUT2D eigenvalue weighted by molar-refractivity contribution is 0.198. The molecule has 29 heavy (non-hydrogen) atoms. The Morgan fingerprint density at radius 3 is 1.90 bits per heavy atom. The van der Waals surface area contributed by atoms with Gasteiger partial charge >= 0.3 is 0 Å². The van der Waals surface area contributed by atoms with E-state index in [1.165, 1.54) is 11.1 Å². The fraction of sp³-hybridized carbons (Fsp3) is 0.750. The number of methoxy groups -OCH3 is 1. The molecule has 5 heteroatoms. The van der Waals surface area contributed by atoms with Crippen LogP contribution in [0.25, 0.3) is 0 Å². The van der Waals surface area contributed by atoms with Gasteiger partial charge in [-0.15, -0.1) is 0 Å². The highest BCUT2D eigenvalue weighted by molar-refractivity contribution is 5.34. The Balaban J connectivity index is 0.00000204. The first-order valence-electron chi connectivity index (χ1n) is 11.4. The normalized spacial score (nSPS) is 18.4. The van der Waals surface area contributed by atoms with Crippen molar-refractivity contribution in [1.29, 1.82) is 0 Å². The molecule has 1 saturated heterocycles. The fourth-order valence-corrected chi connectivity index (χ4v) is 3.82. The summed E-state index contributed by atoms with van der Waals surface area (Å²) in [6, 6.07) is 6.62. The predicted octanol–water partition coefficient (Wildman–Crippen LogP) is 3.45. The summed E-state index contributed by atoms with van der Waals surface area (Å²) in [5, 5.41) is 0. The number of hydrogen-bond acceptors (Lipinski definition) is 5. The van der Waals surface area contributed by atoms with Gasteiger partial charge in [0.25, 0.3) is 0 Å². The van der Waals surface area contributed by atoms with E-state index in [4.69, 9.17) is 10.5 Å². The second-order valence-electron chi connectivity index (χ2n) is 8.54. The molecule has 1 aliphatic rings. The van der Waals surface area contributed by atoms with Crippen LogP contribution in [-0.4, -0.2) is 80.2 Å². The van der Waals surface area contributed by atoms with Crippen molar-refractivity contribution in [2.75, 3.05) is 59.5 Å². The Labute approximate surface area is 180 Å². The van der Waals surface area contributed by atoms with E-state index in [9.17, 15) is 0 Å². The topological polar surface area (TPSA) is 45.0 Å². The molecule has 1 aromatic carbocycles. The van der Waals surface area contributed by atoms with Crippen LogP contribution in [0, 0.1) is 12.8 Å². The summed E-state index contributed by atoms with van der Waals surface area (Å²) in [6.45, 7) is 22.7. The van der Waals surface area contributed by atoms with Crippen LogP contribution in [0.1, 0.15) is 45.7 Å². The van der Waals surface area contributed by atoms with Crippen molar-refractivity contribution < 1.29 is 4.74 Å². The highest BCUT2D eigenvalue weighted by atomic mass is 16.5. The Bertz CT molecular complexity index is 540. The lowest BCUT2D eigenvalue weighted by Crippen LogP contribution is -2.42. The second kappa shape index (κ2) is 14.0. The molecule has 1 fully saturated rings. The van der Waals surface area contributed by atoms with Gasteiger partial charge in [0.1, 0.15) is 5.75 Å². The predicted molar refractivity (Wildman–Crippen MR) is 126 cm³/mol. The molecule has 0 aromatic heterocycles. The van der Waals surface area contributed by atoms with E-state index < -0.39 is 0 Å². The smallest absolute Gasteiger partial charge is 0.119 e. The molecule has 1 aliphatic heterocycles. The number of aryl methyl sites for hydroxylation is 1. The summed E-state index contributed by atoms with van der Waals surface area (Å²) in [6.07, 6.45) is 0. The van der Waals surface area contributed by atoms with Gasteiger partial charge in [-0.3, -0.25) is 9.80 Å². The largest absolute Gasteiger partial charge is 0.497 e. The number of benzene rings is 1. The van der Waals surface area contributed by atoms with Crippen molar-refractivity contribution in [1.82, 2.24) is 14.7 Å². The van der Waals surface area contributed by atoms with Crippen LogP contribution in [0.4, 0.5) is 0 Å². The van der Waals surface area contributed by atoms with Crippen molar-refractivity contribution >= 4 is 0 Å². The lowest BCUT2D eigenvalue weighted by Gasteiger charge is -2.27. The van der Waals surface area contributed by atoms with Gasteiger partial charge in [0.15, 0.2) is 0 Å². The zero-order valence-electron chi connectivity index (χ0n) is 20.1. The summed E-state index contributed by atoms with van der Waals surface area (Å²) in [5.41, 5.74) is 8.79. The zero-order valence-corrected chi connectivity index (χ0v) is 20.1. The summed E-state index contributed by atoms with van der Waals surface area (Å²) in [7, 11) is 1.74. The molecule has 0 spiro atoms. The molecule has 0 saturated carbocycles. The first kappa shape index (κ1) is 25.9. The number of nitrogens with zero attached hydrogens (tertiary/aromatic N) is 3. The van der Waals surface area contributed by atoms with Gasteiger partial charge in [-0.1, -0.05) is 33.8 Å². The summed E-state index contributed by atoms with van der Waals surface area (Å²) < 4.78 is 5.44. The van der Waals surface area contributed by atoms with Crippen LogP contribution in [0.3, 0.4) is 0 Å². The molecule has 1 heterocycles. The van der Waals surface area contributed by atoms with Crippen LogP contribution in [0.2, 0.25) is 0 Å². The van der Waals surface area contributed by atoms with E-state index >= 15 is 0 Å². The van der Waals surface area contributed by atoms with E-state index in [2.05, 4.69) is 54.5 Å². The van der Waals surface area contributed by atoms with Gasteiger partial charge in [0.05, 0.1) is 7.11 Å². The van der Waals surface area contributed by atoms with Crippen molar-refractivity contribution in [3.05, 3.63) is 29.3 Å². The monoisotopic (exact) mass is 406 g/mol. The Kier molecular flexibility index (Phi) is 12.5. The van der Waals surface area contributed by atoms with Gasteiger partial charge in [-0.05, 0) is 43.0 Å². The van der Waals surface area contributed by atoms with Gasteiger partial charge in [0.2, 0.25) is 0 Å². The first-order valence-corrected chi connectivity index (χ1v) is 11.4. The minimum Gasteiger partial charge on any atom is -0.497 e. The Morgan fingerprint density at radius 2 is 1.41 bits per heavy atom. The summed E-state index contributed by atoms with van der Waals surface area (Å²) in [5.74, 6) is 1.64. The third-order valence-corrected chi connectivity index (χ3v) is 5.32. The maximum atomic E-state index is 6.10. The van der Waals surface area contributed by atoms with Crippen LogP contribution >= 0.6 is 0 Å². The first-order chi connectivity index (χ1) is 13.9. The molecule has 1 unspecified atom stereocenters. The standard InChI is InChI=1S/C22H40N4O.C2H6/c1-18(2)15-24-8-10-25(16-20(4)23)11-13-26(12-9-24)17-21-14-22(27-5)7-6-19(21)3;1-2/h6-7,14,18,20H,8-13,15-17,23H2,1-5H3;1-2H3. The molecule has 2 N–H and O–H groups in total. The van der Waals surface area contributed by atoms with Crippen LogP contribution in [0.15, 0.2) is 18.2 Å². The van der Waals surface area contributed by atoms with E-state index in [1.54, 1.807) is 7.11 Å². The highest BCUT2D eigenvalue weighted by Crippen LogP contribution is 2.19. The average molecular weight is 407 g/mol. The lowest BCUT2D eigenvalue weighted by atomic mass is 10.1. The number of nitrogens with two attached hydrogens (primary N) is 1. The van der Waals surface area contributed by atoms with E-state index in [1.807, 2.05) is 19.9 Å². The summed E-state index contributed by atoms with van der Waals surface area (Å²) in [4.78, 5) is 7.75. The second-order valence-corrected chi connectivity index (χ2v) is 8.54. The maximum Gasteiger partial charge on any atom is 0.119 e. The molecule has 1 atom stereocenters. The molecule has 168 valence electrons. The minimum absolute atomic E-state index is 0.221. The molecule has 0 bridgehead atoms. The molecular formula is C24H46N4O. The summed E-state index contributed by atoms with van der Waals surface area (Å²) >= 11 is 0. The number of hydrogen-bond donors (Lipinski definition) is 1.